The number of likely N-dealkylation sites (N-methyl/N-ethyl adjacent to an activating group) is 2. The van der Waals surface area contributed by atoms with Gasteiger partial charge in [-0.3, -0.25) is 4.79 Å². The zero-order valence-corrected chi connectivity index (χ0v) is 21.2. The van der Waals surface area contributed by atoms with Crippen molar-refractivity contribution in [2.45, 2.75) is 6.42 Å². The molecule has 2 aromatic carbocycles. The Morgan fingerprint density at radius 2 is 2.19 bits per heavy atom. The first-order valence-electron chi connectivity index (χ1n) is 15.5. The van der Waals surface area contributed by atoms with Crippen molar-refractivity contribution in [3.63, 3.8) is 0 Å². The van der Waals surface area contributed by atoms with Crippen LogP contribution in [0.3, 0.4) is 0 Å². The summed E-state index contributed by atoms with van der Waals surface area (Å²) >= 11 is 0. The number of aromatic nitrogens is 3. The lowest BCUT2D eigenvalue weighted by atomic mass is 10.1. The van der Waals surface area contributed by atoms with E-state index in [1.807, 2.05) is 42.1 Å². The minimum atomic E-state index is -2.86. The Morgan fingerprint density at radius 3 is 2.95 bits per heavy atom. The van der Waals surface area contributed by atoms with Gasteiger partial charge in [-0.05, 0) is 38.3 Å². The van der Waals surface area contributed by atoms with E-state index in [-0.39, 0.29) is 23.5 Å². The maximum absolute atomic E-state index is 12.8. The van der Waals surface area contributed by atoms with Crippen LogP contribution in [0.5, 0.6) is 5.75 Å². The SMILES string of the molecule is [2H]C([2H])=C([2H])C(=O)Nc1cc(Cc2nccc(-c3cn(C)c4ccccc34)n2)c(OC)cc1N(CC([2H])([2H])N(C)C)C([2H])([2H])[2H]. The number of nitrogens with zero attached hydrogens (tertiary/aromatic N) is 5. The van der Waals surface area contributed by atoms with Gasteiger partial charge in [0.1, 0.15) is 11.6 Å². The number of benzene rings is 2. The molecule has 0 saturated heterocycles. The van der Waals surface area contributed by atoms with Gasteiger partial charge in [0.15, 0.2) is 0 Å². The van der Waals surface area contributed by atoms with E-state index in [9.17, 15) is 4.79 Å². The third-order valence-corrected chi connectivity index (χ3v) is 5.82. The summed E-state index contributed by atoms with van der Waals surface area (Å²) in [4.78, 5) is 24.1. The highest BCUT2D eigenvalue weighted by Crippen LogP contribution is 2.35. The number of amides is 1. The van der Waals surface area contributed by atoms with Crippen molar-refractivity contribution in [3.8, 4) is 17.0 Å². The zero-order chi connectivity index (χ0) is 33.3. The molecule has 0 fully saturated rings. The average molecular weight is 507 g/mol. The van der Waals surface area contributed by atoms with E-state index < -0.39 is 38.5 Å². The Balaban J connectivity index is 1.84. The minimum absolute atomic E-state index is 0.0855. The molecule has 1 N–H and O–H groups in total. The van der Waals surface area contributed by atoms with Crippen LogP contribution in [0, 0.1) is 0 Å². The normalized spacial score (nSPS) is 14.8. The van der Waals surface area contributed by atoms with Crippen LogP contribution in [-0.2, 0) is 18.3 Å². The van der Waals surface area contributed by atoms with E-state index in [4.69, 9.17) is 20.7 Å². The lowest BCUT2D eigenvalue weighted by Gasteiger charge is -2.25. The minimum Gasteiger partial charge on any atom is -0.496 e. The topological polar surface area (TPSA) is 75.5 Å². The van der Waals surface area contributed by atoms with Gasteiger partial charge in [-0.15, -0.1) is 0 Å². The van der Waals surface area contributed by atoms with Gasteiger partial charge in [0.2, 0.25) is 5.91 Å². The third kappa shape index (κ3) is 5.81. The number of hydrogen-bond donors (Lipinski definition) is 1. The van der Waals surface area contributed by atoms with Crippen LogP contribution in [0.2, 0.25) is 0 Å². The smallest absolute Gasteiger partial charge is 0.247 e. The molecular weight excluding hydrogens is 464 g/mol. The van der Waals surface area contributed by atoms with Crippen LogP contribution < -0.4 is 15.0 Å². The highest BCUT2D eigenvalue weighted by molar-refractivity contribution is 6.01. The fourth-order valence-corrected chi connectivity index (χ4v) is 4.07. The highest BCUT2D eigenvalue weighted by Gasteiger charge is 2.17. The molecular formula is C29H34N6O2. The summed E-state index contributed by atoms with van der Waals surface area (Å²) in [7, 11) is 6.28. The van der Waals surface area contributed by atoms with Gasteiger partial charge >= 0.3 is 0 Å². The quantitative estimate of drug-likeness (QED) is 0.322. The summed E-state index contributed by atoms with van der Waals surface area (Å²) in [6, 6.07) is 11.6. The Labute approximate surface area is 229 Å². The fourth-order valence-electron chi connectivity index (χ4n) is 4.07. The van der Waals surface area contributed by atoms with Crippen molar-refractivity contribution in [2.24, 2.45) is 7.05 Å². The van der Waals surface area contributed by atoms with Crippen LogP contribution >= 0.6 is 0 Å². The molecule has 8 nitrogen and oxygen atoms in total. The monoisotopic (exact) mass is 506 g/mol. The number of ether oxygens (including phenoxy) is 1. The van der Waals surface area contributed by atoms with Crippen molar-refractivity contribution < 1.29 is 20.5 Å². The maximum Gasteiger partial charge on any atom is 0.247 e. The highest BCUT2D eigenvalue weighted by atomic mass is 16.5. The molecule has 0 radical (unpaired) electrons. The molecule has 1 amide bonds. The maximum atomic E-state index is 12.8. The molecule has 0 saturated carbocycles. The van der Waals surface area contributed by atoms with Crippen molar-refractivity contribution >= 4 is 28.2 Å². The summed E-state index contributed by atoms with van der Waals surface area (Å²) in [5.41, 5.74) is 2.89. The Bertz CT molecular complexity index is 1750. The molecule has 2 heterocycles. The number of para-hydroxylation sites is 1. The summed E-state index contributed by atoms with van der Waals surface area (Å²) in [6.45, 7) is -6.61. The number of anilines is 2. The molecule has 0 aliphatic heterocycles. The van der Waals surface area contributed by atoms with E-state index in [1.54, 1.807) is 12.3 Å². The van der Waals surface area contributed by atoms with Gasteiger partial charge in [0.05, 0.1) is 28.3 Å². The molecule has 0 aliphatic carbocycles. The van der Waals surface area contributed by atoms with Gasteiger partial charge in [0.25, 0.3) is 0 Å². The van der Waals surface area contributed by atoms with E-state index in [1.165, 1.54) is 38.2 Å². The number of hydrogen-bond acceptors (Lipinski definition) is 6. The Hall–Kier alpha value is -4.17. The molecule has 192 valence electrons. The first-order chi connectivity index (χ1) is 21.0. The lowest BCUT2D eigenvalue weighted by Crippen LogP contribution is -2.29. The number of carbonyl (C=O) groups excluding carboxylic acids is 1. The summed E-state index contributed by atoms with van der Waals surface area (Å²) in [5, 5.41) is 3.46. The molecule has 0 aliphatic rings. The lowest BCUT2D eigenvalue weighted by molar-refractivity contribution is -0.111. The molecule has 37 heavy (non-hydrogen) atoms. The average Bonchev–Trinajstić information content (AvgIpc) is 3.31. The van der Waals surface area contributed by atoms with Crippen LogP contribution in [-0.4, -0.2) is 66.6 Å². The predicted octanol–water partition coefficient (Wildman–Crippen LogP) is 4.36. The number of fused-ring (bicyclic) bond motifs is 1. The first kappa shape index (κ1) is 17.3. The van der Waals surface area contributed by atoms with E-state index in [0.29, 0.717) is 17.1 Å². The largest absolute Gasteiger partial charge is 0.496 e. The Morgan fingerprint density at radius 1 is 1.35 bits per heavy atom. The van der Waals surface area contributed by atoms with Gasteiger partial charge < -0.3 is 24.4 Å². The standard InChI is InChI=1S/C29H34N6O2/c1-7-29(36)32-24-16-20(27(37-6)18-26(24)34(4)15-14-33(2)3)17-28-30-13-12-23(31-28)22-19-35(5)25-11-9-8-10-21(22)25/h7-13,16,18-19H,1,14-15,17H2,2-6H3,(H,32,36)/i1D2,4D3,7D,14D2. The molecule has 4 aromatic rings. The second kappa shape index (κ2) is 11.3. The van der Waals surface area contributed by atoms with Crippen molar-refractivity contribution in [3.05, 3.63) is 78.8 Å². The number of methoxy groups -OCH3 is 1. The van der Waals surface area contributed by atoms with Crippen molar-refractivity contribution in [1.29, 1.82) is 0 Å². The third-order valence-electron chi connectivity index (χ3n) is 5.82. The van der Waals surface area contributed by atoms with Crippen LogP contribution in [0.15, 0.2) is 67.4 Å². The molecule has 0 spiro atoms. The summed E-state index contributed by atoms with van der Waals surface area (Å²) in [6.07, 6.45) is 3.71. The van der Waals surface area contributed by atoms with Gasteiger partial charge in [-0.25, -0.2) is 9.97 Å². The number of aryl methyl sites for hydroxylation is 1. The molecule has 8 heteroatoms. The predicted molar refractivity (Wildman–Crippen MR) is 150 cm³/mol. The molecule has 4 rings (SSSR count). The number of nitrogens with one attached hydrogen (secondary N) is 1. The van der Waals surface area contributed by atoms with Gasteiger partial charge in [-0.2, -0.15) is 0 Å². The molecule has 0 bridgehead atoms. The van der Waals surface area contributed by atoms with Crippen LogP contribution in [0.1, 0.15) is 22.4 Å². The first-order valence-corrected chi connectivity index (χ1v) is 11.5. The molecule has 0 unspecified atom stereocenters. The fraction of sp³-hybridized carbons (Fsp3) is 0.276. The Kier molecular flexibility index (Phi) is 5.27. The second-order valence-electron chi connectivity index (χ2n) is 8.60. The van der Waals surface area contributed by atoms with Gasteiger partial charge in [0, 0.05) is 80.8 Å². The summed E-state index contributed by atoms with van der Waals surface area (Å²) < 4.78 is 71.6. The zero-order valence-electron chi connectivity index (χ0n) is 29.2. The van der Waals surface area contributed by atoms with E-state index in [2.05, 4.69) is 10.3 Å². The van der Waals surface area contributed by atoms with E-state index >= 15 is 0 Å². The van der Waals surface area contributed by atoms with Crippen molar-refractivity contribution in [1.82, 2.24) is 19.4 Å². The van der Waals surface area contributed by atoms with Crippen molar-refractivity contribution in [2.75, 3.05) is 51.4 Å². The second-order valence-corrected chi connectivity index (χ2v) is 8.60. The van der Waals surface area contributed by atoms with E-state index in [0.717, 1.165) is 21.4 Å². The number of rotatable bonds is 10. The number of carbonyl (C=O) groups is 1. The molecule has 2 aromatic heterocycles. The van der Waals surface area contributed by atoms with Crippen LogP contribution in [0.25, 0.3) is 22.2 Å². The molecule has 0 atom stereocenters. The van der Waals surface area contributed by atoms with Gasteiger partial charge in [-0.1, -0.05) is 24.7 Å². The summed E-state index contributed by atoms with van der Waals surface area (Å²) in [5.74, 6) is -0.478. The van der Waals surface area contributed by atoms with Crippen LogP contribution in [0.4, 0.5) is 11.4 Å².